The molecule has 0 aromatic carbocycles. The second-order valence-corrected chi connectivity index (χ2v) is 8.43. The van der Waals surface area contributed by atoms with Crippen LogP contribution in [0.4, 0.5) is 5.82 Å². The number of aromatic nitrogens is 4. The number of aryl methyl sites for hydroxylation is 1. The summed E-state index contributed by atoms with van der Waals surface area (Å²) in [6.07, 6.45) is 8.74. The highest BCUT2D eigenvalue weighted by atomic mass is 16.3. The Morgan fingerprint density at radius 3 is 2.58 bits per heavy atom. The van der Waals surface area contributed by atoms with Crippen molar-refractivity contribution >= 4 is 16.9 Å². The smallest absolute Gasteiger partial charge is 0.163 e. The van der Waals surface area contributed by atoms with Crippen molar-refractivity contribution in [2.45, 2.75) is 90.4 Å². The van der Waals surface area contributed by atoms with Crippen LogP contribution in [0.2, 0.25) is 0 Å². The Labute approximate surface area is 155 Å². The van der Waals surface area contributed by atoms with E-state index in [1.165, 1.54) is 0 Å². The minimum Gasteiger partial charge on any atom is -0.393 e. The van der Waals surface area contributed by atoms with Gasteiger partial charge in [0.15, 0.2) is 5.65 Å². The van der Waals surface area contributed by atoms with E-state index in [9.17, 15) is 5.11 Å². The maximum atomic E-state index is 10.2. The molecule has 4 rings (SSSR count). The molecule has 0 radical (unpaired) electrons. The highest BCUT2D eigenvalue weighted by molar-refractivity contribution is 5.90. The summed E-state index contributed by atoms with van der Waals surface area (Å²) in [5, 5.41) is 16.3. The first-order chi connectivity index (χ1) is 12.6. The molecular formula is C20H31N5O. The summed E-state index contributed by atoms with van der Waals surface area (Å²) in [5.41, 5.74) is 2.11. The minimum absolute atomic E-state index is 0.163. The average Bonchev–Trinajstić information content (AvgIpc) is 3.08. The highest BCUT2D eigenvalue weighted by Gasteiger charge is 2.42. The molecule has 4 heterocycles. The Morgan fingerprint density at radius 1 is 1.19 bits per heavy atom. The lowest BCUT2D eigenvalue weighted by Crippen LogP contribution is -2.45. The van der Waals surface area contributed by atoms with Crippen LogP contribution in [-0.2, 0) is 13.0 Å². The molecule has 2 aromatic rings. The van der Waals surface area contributed by atoms with Gasteiger partial charge in [0, 0.05) is 18.6 Å². The molecule has 1 N–H and O–H groups in total. The van der Waals surface area contributed by atoms with Gasteiger partial charge < -0.3 is 10.0 Å². The molecule has 0 spiro atoms. The molecule has 2 saturated heterocycles. The Morgan fingerprint density at radius 2 is 1.92 bits per heavy atom. The van der Waals surface area contributed by atoms with Gasteiger partial charge in [-0.2, -0.15) is 5.10 Å². The third-order valence-electron chi connectivity index (χ3n) is 5.86. The lowest BCUT2D eigenvalue weighted by atomic mass is 9.99. The number of piperidine rings is 1. The summed E-state index contributed by atoms with van der Waals surface area (Å²) in [6, 6.07) is 0.792. The summed E-state index contributed by atoms with van der Waals surface area (Å²) in [7, 11) is 0. The van der Waals surface area contributed by atoms with E-state index in [2.05, 4.69) is 35.3 Å². The number of aliphatic hydroxyl groups excluding tert-OH is 1. The van der Waals surface area contributed by atoms with Gasteiger partial charge in [-0.05, 0) is 44.4 Å². The number of hydrogen-bond donors (Lipinski definition) is 1. The van der Waals surface area contributed by atoms with E-state index in [0.29, 0.717) is 18.0 Å². The quantitative estimate of drug-likeness (QED) is 0.859. The van der Waals surface area contributed by atoms with Crippen LogP contribution in [0.1, 0.15) is 65.0 Å². The van der Waals surface area contributed by atoms with E-state index in [1.54, 1.807) is 6.33 Å². The molecular weight excluding hydrogens is 326 g/mol. The lowest BCUT2D eigenvalue weighted by Gasteiger charge is -2.38. The highest BCUT2D eigenvalue weighted by Crippen LogP contribution is 2.41. The van der Waals surface area contributed by atoms with Crippen LogP contribution in [-0.4, -0.2) is 43.0 Å². The zero-order chi connectivity index (χ0) is 18.3. The second-order valence-electron chi connectivity index (χ2n) is 8.43. The molecule has 6 heteroatoms. The predicted molar refractivity (Wildman–Crippen MR) is 103 cm³/mol. The van der Waals surface area contributed by atoms with E-state index >= 15 is 0 Å². The van der Waals surface area contributed by atoms with Crippen molar-refractivity contribution in [3.63, 3.8) is 0 Å². The summed E-state index contributed by atoms with van der Waals surface area (Å²) >= 11 is 0. The minimum atomic E-state index is -0.163. The van der Waals surface area contributed by atoms with Crippen molar-refractivity contribution in [2.75, 3.05) is 4.90 Å². The standard InChI is InChI=1S/C20H31N5O/c1-4-5-8-24-19-18(17(23-24)9-13(2)3)20(22-12-21-19)25-14-6-7-15(25)11-16(26)10-14/h12-16,26H,4-11H2,1-3H3/t14-,15+,16?. The van der Waals surface area contributed by atoms with Crippen LogP contribution in [0.3, 0.4) is 0 Å². The Kier molecular flexibility index (Phi) is 4.86. The van der Waals surface area contributed by atoms with Crippen molar-refractivity contribution in [2.24, 2.45) is 5.92 Å². The zero-order valence-electron chi connectivity index (χ0n) is 16.2. The van der Waals surface area contributed by atoms with Crippen LogP contribution in [0.25, 0.3) is 11.0 Å². The number of fused-ring (bicyclic) bond motifs is 3. The van der Waals surface area contributed by atoms with E-state index in [1.807, 2.05) is 0 Å². The molecule has 1 unspecified atom stereocenters. The van der Waals surface area contributed by atoms with E-state index in [-0.39, 0.29) is 6.10 Å². The number of hydrogen-bond acceptors (Lipinski definition) is 5. The first kappa shape index (κ1) is 17.7. The fourth-order valence-corrected chi connectivity index (χ4v) is 4.75. The normalized spacial score (nSPS) is 25.6. The first-order valence-electron chi connectivity index (χ1n) is 10.2. The molecule has 2 fully saturated rings. The molecule has 6 nitrogen and oxygen atoms in total. The Hall–Kier alpha value is -1.69. The molecule has 0 aliphatic carbocycles. The molecule has 26 heavy (non-hydrogen) atoms. The predicted octanol–water partition coefficient (Wildman–Crippen LogP) is 3.32. The molecule has 2 bridgehead atoms. The number of aliphatic hydroxyl groups is 1. The third kappa shape index (κ3) is 3.08. The lowest BCUT2D eigenvalue weighted by molar-refractivity contribution is 0.126. The fourth-order valence-electron chi connectivity index (χ4n) is 4.75. The van der Waals surface area contributed by atoms with E-state index in [0.717, 1.165) is 74.0 Å². The van der Waals surface area contributed by atoms with Gasteiger partial charge in [0.25, 0.3) is 0 Å². The summed E-state index contributed by atoms with van der Waals surface area (Å²) in [6.45, 7) is 7.59. The van der Waals surface area contributed by atoms with Crippen LogP contribution < -0.4 is 4.90 Å². The molecule has 2 aliphatic heterocycles. The van der Waals surface area contributed by atoms with Crippen LogP contribution >= 0.6 is 0 Å². The number of unbranched alkanes of at least 4 members (excludes halogenated alkanes) is 1. The van der Waals surface area contributed by atoms with Gasteiger partial charge in [0.1, 0.15) is 12.1 Å². The topological polar surface area (TPSA) is 67.1 Å². The molecule has 3 atom stereocenters. The summed E-state index contributed by atoms with van der Waals surface area (Å²) < 4.78 is 2.09. The average molecular weight is 358 g/mol. The first-order valence-corrected chi connectivity index (χ1v) is 10.2. The van der Waals surface area contributed by atoms with E-state index in [4.69, 9.17) is 10.1 Å². The van der Waals surface area contributed by atoms with Crippen molar-refractivity contribution in [3.8, 4) is 0 Å². The van der Waals surface area contributed by atoms with Crippen molar-refractivity contribution in [1.82, 2.24) is 19.7 Å². The fraction of sp³-hybridized carbons (Fsp3) is 0.750. The van der Waals surface area contributed by atoms with Crippen molar-refractivity contribution in [1.29, 1.82) is 0 Å². The van der Waals surface area contributed by atoms with Crippen molar-refractivity contribution in [3.05, 3.63) is 12.0 Å². The maximum Gasteiger partial charge on any atom is 0.163 e. The molecule has 0 amide bonds. The van der Waals surface area contributed by atoms with Crippen LogP contribution in [0, 0.1) is 5.92 Å². The second kappa shape index (κ2) is 7.14. The maximum absolute atomic E-state index is 10.2. The van der Waals surface area contributed by atoms with Gasteiger partial charge in [-0.3, -0.25) is 0 Å². The molecule has 2 aromatic heterocycles. The largest absolute Gasteiger partial charge is 0.393 e. The number of nitrogens with zero attached hydrogens (tertiary/aromatic N) is 5. The van der Waals surface area contributed by atoms with Crippen molar-refractivity contribution < 1.29 is 5.11 Å². The van der Waals surface area contributed by atoms with Gasteiger partial charge in [-0.25, -0.2) is 14.6 Å². The van der Waals surface area contributed by atoms with Gasteiger partial charge in [-0.1, -0.05) is 27.2 Å². The third-order valence-corrected chi connectivity index (χ3v) is 5.86. The van der Waals surface area contributed by atoms with E-state index < -0.39 is 0 Å². The Balaban J connectivity index is 1.81. The van der Waals surface area contributed by atoms with Gasteiger partial charge in [-0.15, -0.1) is 0 Å². The monoisotopic (exact) mass is 357 g/mol. The SMILES string of the molecule is CCCCn1nc(CC(C)C)c2c(N3[C@@H]4CC[C@H]3CC(O)C4)ncnc21. The zero-order valence-corrected chi connectivity index (χ0v) is 16.2. The number of anilines is 1. The van der Waals surface area contributed by atoms with Gasteiger partial charge in [0.05, 0.1) is 17.2 Å². The van der Waals surface area contributed by atoms with Gasteiger partial charge in [0.2, 0.25) is 0 Å². The summed E-state index contributed by atoms with van der Waals surface area (Å²) in [4.78, 5) is 11.8. The molecule has 142 valence electrons. The molecule has 0 saturated carbocycles. The summed E-state index contributed by atoms with van der Waals surface area (Å²) in [5.74, 6) is 1.59. The number of rotatable bonds is 6. The van der Waals surface area contributed by atoms with Crippen LogP contribution in [0.5, 0.6) is 0 Å². The molecule has 2 aliphatic rings. The van der Waals surface area contributed by atoms with Gasteiger partial charge >= 0.3 is 0 Å². The Bertz CT molecular complexity index is 757. The van der Waals surface area contributed by atoms with Crippen LogP contribution in [0.15, 0.2) is 6.33 Å².